The Kier molecular flexibility index (Phi) is 6.18. The van der Waals surface area contributed by atoms with Gasteiger partial charge in [-0.3, -0.25) is 14.5 Å². The molecular weight excluding hydrogens is 352 g/mol. The number of amides is 1. The number of carbonyl (C=O) groups is 1. The topological polar surface area (TPSA) is 60.2 Å². The first-order valence-electron chi connectivity index (χ1n) is 10.1. The third-order valence-corrected chi connectivity index (χ3v) is 5.45. The van der Waals surface area contributed by atoms with Crippen LogP contribution in [0, 0.1) is 6.92 Å². The van der Waals surface area contributed by atoms with Gasteiger partial charge in [0.1, 0.15) is 5.69 Å². The molecule has 1 fully saturated rings. The van der Waals surface area contributed by atoms with Crippen LogP contribution in [0.3, 0.4) is 0 Å². The summed E-state index contributed by atoms with van der Waals surface area (Å²) in [6.45, 7) is 9.85. The quantitative estimate of drug-likeness (QED) is 0.781. The summed E-state index contributed by atoms with van der Waals surface area (Å²) in [5, 5.41) is 4.50. The lowest BCUT2D eigenvalue weighted by Crippen LogP contribution is -2.44. The normalized spacial score (nSPS) is 17.8. The molecule has 1 saturated heterocycles. The Balaban J connectivity index is 1.87. The molecular formula is C22H32N4O2. The van der Waals surface area contributed by atoms with Crippen molar-refractivity contribution in [2.45, 2.75) is 65.0 Å². The predicted octanol–water partition coefficient (Wildman–Crippen LogP) is 4.04. The highest BCUT2D eigenvalue weighted by Gasteiger charge is 2.28. The minimum absolute atomic E-state index is 0.0188. The number of methoxy groups -OCH3 is 1. The van der Waals surface area contributed by atoms with Crippen LogP contribution in [0.25, 0.3) is 11.1 Å². The average molecular weight is 385 g/mol. The van der Waals surface area contributed by atoms with Gasteiger partial charge in [-0.1, -0.05) is 0 Å². The van der Waals surface area contributed by atoms with Crippen molar-refractivity contribution in [3.05, 3.63) is 35.9 Å². The minimum atomic E-state index is -0.0831. The fourth-order valence-electron chi connectivity index (χ4n) is 3.75. The standard InChI is InChI=1S/C22H32N4O2/c1-16-13-23-20(12-19(16)17-14-24-26(15-17)22(2,3)4)21(27)25-10-7-6-8-18(25)9-11-28-5/h12-15,18H,6-11H2,1-5H3. The van der Waals surface area contributed by atoms with E-state index < -0.39 is 0 Å². The number of pyridine rings is 1. The van der Waals surface area contributed by atoms with Gasteiger partial charge in [0.2, 0.25) is 0 Å². The van der Waals surface area contributed by atoms with E-state index in [1.54, 1.807) is 13.3 Å². The average Bonchev–Trinajstić information content (AvgIpc) is 3.17. The van der Waals surface area contributed by atoms with E-state index >= 15 is 0 Å². The maximum atomic E-state index is 13.2. The Morgan fingerprint density at radius 1 is 1.29 bits per heavy atom. The first-order valence-corrected chi connectivity index (χ1v) is 10.1. The van der Waals surface area contributed by atoms with Gasteiger partial charge in [-0.15, -0.1) is 0 Å². The molecule has 0 aromatic carbocycles. The summed E-state index contributed by atoms with van der Waals surface area (Å²) in [5.74, 6) is 0.0188. The highest BCUT2D eigenvalue weighted by atomic mass is 16.5. The fraction of sp³-hybridized carbons (Fsp3) is 0.591. The number of nitrogens with zero attached hydrogens (tertiary/aromatic N) is 4. The molecule has 1 amide bonds. The summed E-state index contributed by atoms with van der Waals surface area (Å²) in [5.41, 5.74) is 3.49. The van der Waals surface area contributed by atoms with Crippen LogP contribution in [0.5, 0.6) is 0 Å². The fourth-order valence-corrected chi connectivity index (χ4v) is 3.75. The second-order valence-electron chi connectivity index (χ2n) is 8.66. The highest BCUT2D eigenvalue weighted by Crippen LogP contribution is 2.27. The van der Waals surface area contributed by atoms with Crippen molar-refractivity contribution in [1.82, 2.24) is 19.7 Å². The number of rotatable bonds is 5. The van der Waals surface area contributed by atoms with Crippen molar-refractivity contribution in [3.8, 4) is 11.1 Å². The van der Waals surface area contributed by atoms with Crippen LogP contribution in [0.4, 0.5) is 0 Å². The molecule has 0 aliphatic carbocycles. The zero-order valence-electron chi connectivity index (χ0n) is 17.7. The van der Waals surface area contributed by atoms with Gasteiger partial charge >= 0.3 is 0 Å². The lowest BCUT2D eigenvalue weighted by atomic mass is 9.98. The highest BCUT2D eigenvalue weighted by molar-refractivity contribution is 5.94. The number of ether oxygens (including phenoxy) is 1. The Hall–Kier alpha value is -2.21. The summed E-state index contributed by atoms with van der Waals surface area (Å²) in [7, 11) is 1.71. The largest absolute Gasteiger partial charge is 0.385 e. The summed E-state index contributed by atoms with van der Waals surface area (Å²) in [6.07, 6.45) is 9.82. The minimum Gasteiger partial charge on any atom is -0.385 e. The van der Waals surface area contributed by atoms with E-state index in [0.29, 0.717) is 12.3 Å². The van der Waals surface area contributed by atoms with E-state index in [1.807, 2.05) is 35.0 Å². The van der Waals surface area contributed by atoms with Crippen LogP contribution >= 0.6 is 0 Å². The van der Waals surface area contributed by atoms with Crippen molar-refractivity contribution < 1.29 is 9.53 Å². The van der Waals surface area contributed by atoms with Gasteiger partial charge in [0.15, 0.2) is 0 Å². The number of piperidine rings is 1. The molecule has 0 saturated carbocycles. The lowest BCUT2D eigenvalue weighted by Gasteiger charge is -2.35. The van der Waals surface area contributed by atoms with Gasteiger partial charge < -0.3 is 9.64 Å². The van der Waals surface area contributed by atoms with Crippen LogP contribution in [0.15, 0.2) is 24.7 Å². The molecule has 1 aliphatic rings. The zero-order chi connectivity index (χ0) is 20.3. The number of likely N-dealkylation sites (tertiary alicyclic amines) is 1. The van der Waals surface area contributed by atoms with Crippen LogP contribution in [-0.2, 0) is 10.3 Å². The van der Waals surface area contributed by atoms with E-state index in [9.17, 15) is 4.79 Å². The van der Waals surface area contributed by atoms with E-state index in [4.69, 9.17) is 4.74 Å². The third kappa shape index (κ3) is 4.43. The molecule has 0 spiro atoms. The van der Waals surface area contributed by atoms with Gasteiger partial charge in [0, 0.05) is 44.3 Å². The molecule has 6 heteroatoms. The first kappa shape index (κ1) is 20.5. The summed E-state index contributed by atoms with van der Waals surface area (Å²) in [4.78, 5) is 19.7. The van der Waals surface area contributed by atoms with Gasteiger partial charge in [0.05, 0.1) is 11.7 Å². The molecule has 1 unspecified atom stereocenters. The van der Waals surface area contributed by atoms with E-state index in [1.165, 1.54) is 0 Å². The lowest BCUT2D eigenvalue weighted by molar-refractivity contribution is 0.0547. The van der Waals surface area contributed by atoms with Crippen molar-refractivity contribution in [2.75, 3.05) is 20.3 Å². The number of aromatic nitrogens is 3. The maximum Gasteiger partial charge on any atom is 0.272 e. The van der Waals surface area contributed by atoms with Gasteiger partial charge in [-0.2, -0.15) is 5.10 Å². The molecule has 1 aliphatic heterocycles. The van der Waals surface area contributed by atoms with Crippen LogP contribution < -0.4 is 0 Å². The maximum absolute atomic E-state index is 13.2. The Labute approximate surface area is 167 Å². The molecule has 6 nitrogen and oxygen atoms in total. The van der Waals surface area contributed by atoms with Gasteiger partial charge in [-0.05, 0) is 70.6 Å². The van der Waals surface area contributed by atoms with Crippen LogP contribution in [-0.4, -0.2) is 51.9 Å². The molecule has 1 atom stereocenters. The SMILES string of the molecule is COCCC1CCCCN1C(=O)c1cc(-c2cnn(C(C)(C)C)c2)c(C)cn1. The molecule has 3 rings (SSSR count). The number of carbonyl (C=O) groups excluding carboxylic acids is 1. The Morgan fingerprint density at radius 2 is 2.07 bits per heavy atom. The smallest absolute Gasteiger partial charge is 0.272 e. The second-order valence-corrected chi connectivity index (χ2v) is 8.66. The van der Waals surface area contributed by atoms with Crippen LogP contribution in [0.1, 0.15) is 62.5 Å². The zero-order valence-corrected chi connectivity index (χ0v) is 17.7. The van der Waals surface area contributed by atoms with Crippen molar-refractivity contribution in [1.29, 1.82) is 0 Å². The molecule has 28 heavy (non-hydrogen) atoms. The van der Waals surface area contributed by atoms with E-state index in [0.717, 1.165) is 48.9 Å². The summed E-state index contributed by atoms with van der Waals surface area (Å²) >= 11 is 0. The molecule has 2 aromatic rings. The van der Waals surface area contributed by atoms with E-state index in [-0.39, 0.29) is 17.5 Å². The summed E-state index contributed by atoms with van der Waals surface area (Å²) in [6, 6.07) is 2.15. The molecule has 152 valence electrons. The predicted molar refractivity (Wildman–Crippen MR) is 110 cm³/mol. The third-order valence-electron chi connectivity index (χ3n) is 5.45. The van der Waals surface area contributed by atoms with Crippen LogP contribution in [0.2, 0.25) is 0 Å². The number of aryl methyl sites for hydroxylation is 1. The molecule has 3 heterocycles. The van der Waals surface area contributed by atoms with Crippen molar-refractivity contribution in [2.24, 2.45) is 0 Å². The molecule has 2 aromatic heterocycles. The number of hydrogen-bond donors (Lipinski definition) is 0. The molecule has 0 radical (unpaired) electrons. The first-order chi connectivity index (χ1) is 13.3. The molecule has 0 N–H and O–H groups in total. The molecule has 0 bridgehead atoms. The van der Waals surface area contributed by atoms with Crippen molar-refractivity contribution in [3.63, 3.8) is 0 Å². The second kappa shape index (κ2) is 8.43. The van der Waals surface area contributed by atoms with Crippen molar-refractivity contribution >= 4 is 5.91 Å². The Bertz CT molecular complexity index is 822. The van der Waals surface area contributed by atoms with Gasteiger partial charge in [-0.25, -0.2) is 0 Å². The Morgan fingerprint density at radius 3 is 2.75 bits per heavy atom. The number of hydrogen-bond acceptors (Lipinski definition) is 4. The summed E-state index contributed by atoms with van der Waals surface area (Å²) < 4.78 is 7.19. The van der Waals surface area contributed by atoms with E-state index in [2.05, 4.69) is 30.9 Å². The van der Waals surface area contributed by atoms with Gasteiger partial charge in [0.25, 0.3) is 5.91 Å². The monoisotopic (exact) mass is 384 g/mol.